The first-order valence-electron chi connectivity index (χ1n) is 10.3. The first-order chi connectivity index (χ1) is 15.5. The molecular formula is C23H26N2O7. The van der Waals surface area contributed by atoms with Crippen LogP contribution in [0.3, 0.4) is 0 Å². The number of alkyl carbamates (subject to hydrolysis) is 1. The van der Waals surface area contributed by atoms with Crippen molar-refractivity contribution in [2.24, 2.45) is 0 Å². The number of benzene rings is 2. The Balaban J connectivity index is 1.58. The molecule has 170 valence electrons. The fraction of sp³-hybridized carbons (Fsp3) is 0.348. The zero-order valence-electron chi connectivity index (χ0n) is 17.5. The van der Waals surface area contributed by atoms with E-state index in [1.165, 1.54) is 0 Å². The van der Waals surface area contributed by atoms with Gasteiger partial charge >= 0.3 is 12.1 Å². The Morgan fingerprint density at radius 1 is 0.969 bits per heavy atom. The Morgan fingerprint density at radius 2 is 1.59 bits per heavy atom. The zero-order valence-corrected chi connectivity index (χ0v) is 17.5. The van der Waals surface area contributed by atoms with Crippen molar-refractivity contribution < 1.29 is 34.1 Å². The maximum atomic E-state index is 12.4. The summed E-state index contributed by atoms with van der Waals surface area (Å²) in [6, 6.07) is 14.5. The van der Waals surface area contributed by atoms with Gasteiger partial charge in [0.25, 0.3) is 0 Å². The highest BCUT2D eigenvalue weighted by molar-refractivity contribution is 5.89. The summed E-state index contributed by atoms with van der Waals surface area (Å²) in [6.45, 7) is 0.306. The van der Waals surface area contributed by atoms with Crippen LogP contribution in [-0.2, 0) is 19.1 Å². The van der Waals surface area contributed by atoms with E-state index in [0.29, 0.717) is 0 Å². The number of fused-ring (bicyclic) bond motifs is 3. The smallest absolute Gasteiger partial charge is 0.407 e. The van der Waals surface area contributed by atoms with E-state index in [4.69, 9.17) is 19.7 Å². The van der Waals surface area contributed by atoms with Gasteiger partial charge < -0.3 is 30.3 Å². The molecule has 9 nitrogen and oxygen atoms in total. The number of nitrogens with one attached hydrogen (secondary N) is 2. The molecule has 0 aromatic heterocycles. The SMILES string of the molecule is O=C(O)CC(NC(=O)OCC1c2ccccc2-c2ccccc21)C(=O)NCCOCCO. The summed E-state index contributed by atoms with van der Waals surface area (Å²) in [6.07, 6.45) is -1.46. The van der Waals surface area contributed by atoms with Crippen molar-refractivity contribution in [3.63, 3.8) is 0 Å². The molecule has 4 N–H and O–H groups in total. The summed E-state index contributed by atoms with van der Waals surface area (Å²) in [5.74, 6) is -2.04. The number of aliphatic carboxylic acids is 1. The second-order valence-corrected chi connectivity index (χ2v) is 7.25. The number of carboxylic acid groups (broad SMARTS) is 1. The first-order valence-corrected chi connectivity index (χ1v) is 10.3. The molecule has 0 saturated carbocycles. The van der Waals surface area contributed by atoms with Crippen molar-refractivity contribution in [1.82, 2.24) is 10.6 Å². The lowest BCUT2D eigenvalue weighted by Gasteiger charge is -2.18. The van der Waals surface area contributed by atoms with Crippen LogP contribution in [0.5, 0.6) is 0 Å². The highest BCUT2D eigenvalue weighted by Gasteiger charge is 2.30. The maximum absolute atomic E-state index is 12.4. The molecule has 0 heterocycles. The molecule has 1 aliphatic rings. The van der Waals surface area contributed by atoms with Crippen molar-refractivity contribution in [3.05, 3.63) is 59.7 Å². The van der Waals surface area contributed by atoms with Crippen LogP contribution in [0.2, 0.25) is 0 Å². The molecule has 0 bridgehead atoms. The van der Waals surface area contributed by atoms with E-state index >= 15 is 0 Å². The van der Waals surface area contributed by atoms with Gasteiger partial charge in [-0.15, -0.1) is 0 Å². The predicted molar refractivity (Wildman–Crippen MR) is 115 cm³/mol. The van der Waals surface area contributed by atoms with E-state index in [2.05, 4.69) is 10.6 Å². The predicted octanol–water partition coefficient (Wildman–Crippen LogP) is 1.49. The van der Waals surface area contributed by atoms with Crippen LogP contribution in [0.4, 0.5) is 4.79 Å². The van der Waals surface area contributed by atoms with Gasteiger partial charge in [-0.25, -0.2) is 4.79 Å². The Labute approximate surface area is 185 Å². The molecule has 32 heavy (non-hydrogen) atoms. The third-order valence-electron chi connectivity index (χ3n) is 5.11. The summed E-state index contributed by atoms with van der Waals surface area (Å²) in [5, 5.41) is 22.6. The van der Waals surface area contributed by atoms with Gasteiger partial charge in [-0.1, -0.05) is 48.5 Å². The van der Waals surface area contributed by atoms with Crippen molar-refractivity contribution in [3.8, 4) is 11.1 Å². The van der Waals surface area contributed by atoms with Crippen LogP contribution in [0.1, 0.15) is 23.5 Å². The second-order valence-electron chi connectivity index (χ2n) is 7.25. The minimum Gasteiger partial charge on any atom is -0.481 e. The third kappa shape index (κ3) is 5.83. The lowest BCUT2D eigenvalue weighted by molar-refractivity contribution is -0.139. The van der Waals surface area contributed by atoms with Gasteiger partial charge in [0.05, 0.1) is 26.2 Å². The number of hydrogen-bond donors (Lipinski definition) is 4. The normalized spacial score (nSPS) is 13.0. The monoisotopic (exact) mass is 442 g/mol. The molecule has 0 aliphatic heterocycles. The van der Waals surface area contributed by atoms with E-state index < -0.39 is 30.4 Å². The van der Waals surface area contributed by atoms with E-state index in [9.17, 15) is 14.4 Å². The summed E-state index contributed by atoms with van der Waals surface area (Å²) >= 11 is 0. The van der Waals surface area contributed by atoms with Gasteiger partial charge in [-0.05, 0) is 22.3 Å². The number of carbonyl (C=O) groups is 3. The number of rotatable bonds is 11. The van der Waals surface area contributed by atoms with Crippen LogP contribution in [0, 0.1) is 0 Å². The number of amides is 2. The number of aliphatic hydroxyl groups excluding tert-OH is 1. The zero-order chi connectivity index (χ0) is 22.9. The Hall–Kier alpha value is -3.43. The molecule has 1 unspecified atom stereocenters. The fourth-order valence-electron chi connectivity index (χ4n) is 3.70. The summed E-state index contributed by atoms with van der Waals surface area (Å²) < 4.78 is 10.4. The molecule has 2 aromatic carbocycles. The number of ether oxygens (including phenoxy) is 2. The topological polar surface area (TPSA) is 134 Å². The molecule has 0 spiro atoms. The highest BCUT2D eigenvalue weighted by atomic mass is 16.5. The molecule has 0 fully saturated rings. The van der Waals surface area contributed by atoms with Crippen LogP contribution in [0.15, 0.2) is 48.5 Å². The molecule has 1 aliphatic carbocycles. The fourth-order valence-corrected chi connectivity index (χ4v) is 3.70. The summed E-state index contributed by atoms with van der Waals surface area (Å²) in [4.78, 5) is 35.8. The van der Waals surface area contributed by atoms with Gasteiger partial charge in [0.1, 0.15) is 12.6 Å². The van der Waals surface area contributed by atoms with Crippen molar-refractivity contribution >= 4 is 18.0 Å². The molecule has 3 rings (SSSR count). The number of hydrogen-bond acceptors (Lipinski definition) is 6. The highest BCUT2D eigenvalue weighted by Crippen LogP contribution is 2.44. The van der Waals surface area contributed by atoms with Gasteiger partial charge in [0.2, 0.25) is 5.91 Å². The third-order valence-corrected chi connectivity index (χ3v) is 5.11. The van der Waals surface area contributed by atoms with E-state index in [1.54, 1.807) is 0 Å². The Bertz CT molecular complexity index is 917. The van der Waals surface area contributed by atoms with E-state index in [1.807, 2.05) is 48.5 Å². The number of carboxylic acids is 1. The molecule has 1 atom stereocenters. The van der Waals surface area contributed by atoms with Crippen LogP contribution >= 0.6 is 0 Å². The largest absolute Gasteiger partial charge is 0.481 e. The average molecular weight is 442 g/mol. The Morgan fingerprint density at radius 3 is 2.19 bits per heavy atom. The van der Waals surface area contributed by atoms with Gasteiger partial charge in [-0.2, -0.15) is 0 Å². The summed E-state index contributed by atoms with van der Waals surface area (Å²) in [7, 11) is 0. The maximum Gasteiger partial charge on any atom is 0.407 e. The van der Waals surface area contributed by atoms with Gasteiger partial charge in [0.15, 0.2) is 0 Å². The lowest BCUT2D eigenvalue weighted by atomic mass is 9.98. The molecule has 2 amide bonds. The van der Waals surface area contributed by atoms with Gasteiger partial charge in [0, 0.05) is 12.5 Å². The number of aliphatic hydroxyl groups is 1. The molecule has 0 saturated heterocycles. The minimum atomic E-state index is -1.29. The van der Waals surface area contributed by atoms with Crippen LogP contribution in [-0.4, -0.2) is 67.2 Å². The lowest BCUT2D eigenvalue weighted by Crippen LogP contribution is -2.48. The van der Waals surface area contributed by atoms with Crippen LogP contribution < -0.4 is 10.6 Å². The quantitative estimate of drug-likeness (QED) is 0.387. The Kier molecular flexibility index (Phi) is 8.18. The van der Waals surface area contributed by atoms with E-state index in [0.717, 1.165) is 22.3 Å². The first kappa shape index (κ1) is 23.2. The second kappa shape index (κ2) is 11.3. The van der Waals surface area contributed by atoms with Crippen molar-refractivity contribution in [2.75, 3.05) is 33.0 Å². The van der Waals surface area contributed by atoms with Gasteiger partial charge in [-0.3, -0.25) is 9.59 Å². The molecular weight excluding hydrogens is 416 g/mol. The minimum absolute atomic E-state index is 0.0519. The van der Waals surface area contributed by atoms with Crippen LogP contribution in [0.25, 0.3) is 11.1 Å². The van der Waals surface area contributed by atoms with E-state index in [-0.39, 0.29) is 38.9 Å². The number of carbonyl (C=O) groups excluding carboxylic acids is 2. The molecule has 9 heteroatoms. The average Bonchev–Trinajstić information content (AvgIpc) is 3.10. The summed E-state index contributed by atoms with van der Waals surface area (Å²) in [5.41, 5.74) is 4.26. The molecule has 2 aromatic rings. The van der Waals surface area contributed by atoms with Crippen molar-refractivity contribution in [2.45, 2.75) is 18.4 Å². The van der Waals surface area contributed by atoms with Crippen molar-refractivity contribution in [1.29, 1.82) is 0 Å². The standard InChI is InChI=1S/C23H26N2O7/c26-10-12-31-11-9-24-22(29)20(13-21(27)28)25-23(30)32-14-19-17-7-3-1-5-15(17)16-6-2-4-8-18(16)19/h1-8,19-20,26H,9-14H2,(H,24,29)(H,25,30)(H,27,28). The molecule has 0 radical (unpaired) electrons.